The van der Waals surface area contributed by atoms with Gasteiger partial charge in [0.25, 0.3) is 0 Å². The Labute approximate surface area is 111 Å². The molecule has 1 aliphatic carbocycles. The van der Waals surface area contributed by atoms with Gasteiger partial charge in [0.2, 0.25) is 0 Å². The largest absolute Gasteiger partial charge is 0.319 e. The van der Waals surface area contributed by atoms with E-state index in [2.05, 4.69) is 0 Å². The quantitative estimate of drug-likeness (QED) is 0.915. The van der Waals surface area contributed by atoms with Crippen LogP contribution in [-0.4, -0.2) is 11.3 Å². The molecule has 0 atom stereocenters. The summed E-state index contributed by atoms with van der Waals surface area (Å²) in [5.74, 6) is -0.433. The molecule has 0 heterocycles. The molecule has 0 bridgehead atoms. The Morgan fingerprint density at radius 3 is 2.61 bits per heavy atom. The number of halogens is 2. The van der Waals surface area contributed by atoms with Gasteiger partial charge in [-0.3, -0.25) is 4.79 Å². The van der Waals surface area contributed by atoms with Gasteiger partial charge in [-0.25, -0.2) is 4.39 Å². The highest BCUT2D eigenvalue weighted by Gasteiger charge is 2.34. The van der Waals surface area contributed by atoms with Crippen LogP contribution in [0.5, 0.6) is 0 Å². The van der Waals surface area contributed by atoms with E-state index < -0.39 is 11.4 Å². The Bertz CT molecular complexity index is 455. The summed E-state index contributed by atoms with van der Waals surface area (Å²) < 4.78 is 13.0. The van der Waals surface area contributed by atoms with Crippen LogP contribution in [0.4, 0.5) is 4.39 Å². The van der Waals surface area contributed by atoms with Gasteiger partial charge in [0.15, 0.2) is 5.78 Å². The third kappa shape index (κ3) is 2.90. The minimum absolute atomic E-state index is 0.0323. The molecule has 0 amide bonds. The first-order valence-electron chi connectivity index (χ1n) is 6.27. The number of carbonyl (C=O) groups is 1. The van der Waals surface area contributed by atoms with E-state index in [1.54, 1.807) is 6.07 Å². The zero-order valence-corrected chi connectivity index (χ0v) is 11.0. The topological polar surface area (TPSA) is 43.1 Å². The Hall–Kier alpha value is -0.930. The second kappa shape index (κ2) is 5.37. The molecule has 98 valence electrons. The van der Waals surface area contributed by atoms with Gasteiger partial charge in [0, 0.05) is 6.42 Å². The third-order valence-electron chi connectivity index (χ3n) is 3.65. The number of hydrogen-bond acceptors (Lipinski definition) is 2. The van der Waals surface area contributed by atoms with Crippen LogP contribution in [0.15, 0.2) is 18.2 Å². The molecule has 0 aliphatic heterocycles. The lowest BCUT2D eigenvalue weighted by atomic mass is 9.78. The molecular weight excluding hydrogens is 253 g/mol. The molecule has 18 heavy (non-hydrogen) atoms. The third-order valence-corrected chi connectivity index (χ3v) is 3.94. The number of benzene rings is 1. The Kier molecular flexibility index (Phi) is 4.03. The van der Waals surface area contributed by atoms with Crippen LogP contribution in [-0.2, 0) is 11.2 Å². The van der Waals surface area contributed by atoms with E-state index in [1.165, 1.54) is 12.1 Å². The molecule has 4 heteroatoms. The molecule has 0 radical (unpaired) electrons. The molecule has 2 rings (SSSR count). The van der Waals surface area contributed by atoms with E-state index >= 15 is 0 Å². The lowest BCUT2D eigenvalue weighted by Crippen LogP contribution is -2.50. The first kappa shape index (κ1) is 13.5. The normalized spacial score (nSPS) is 18.6. The smallest absolute Gasteiger partial charge is 0.156 e. The Balaban J connectivity index is 2.08. The standard InChI is InChI=1S/C14H17ClFNO/c15-11-8-10(4-5-12(11)16)9-13(18)14(17)6-2-1-3-7-14/h4-5,8H,1-3,6-7,9,17H2. The van der Waals surface area contributed by atoms with E-state index in [-0.39, 0.29) is 17.2 Å². The lowest BCUT2D eigenvalue weighted by molar-refractivity contribution is -0.124. The molecule has 1 aromatic rings. The fraction of sp³-hybridized carbons (Fsp3) is 0.500. The summed E-state index contributed by atoms with van der Waals surface area (Å²) in [6, 6.07) is 4.38. The summed E-state index contributed by atoms with van der Waals surface area (Å²) in [4.78, 5) is 12.2. The maximum atomic E-state index is 13.0. The van der Waals surface area contributed by atoms with Crippen LogP contribution in [0, 0.1) is 5.82 Å². The number of hydrogen-bond donors (Lipinski definition) is 1. The first-order chi connectivity index (χ1) is 8.51. The molecular formula is C14H17ClFNO. The van der Waals surface area contributed by atoms with E-state index in [4.69, 9.17) is 17.3 Å². The van der Waals surface area contributed by atoms with Crippen LogP contribution in [0.3, 0.4) is 0 Å². The molecule has 1 saturated carbocycles. The van der Waals surface area contributed by atoms with Gasteiger partial charge in [0.1, 0.15) is 5.82 Å². The highest BCUT2D eigenvalue weighted by atomic mass is 35.5. The number of carbonyl (C=O) groups excluding carboxylic acids is 1. The van der Waals surface area contributed by atoms with Crippen LogP contribution in [0.25, 0.3) is 0 Å². The Morgan fingerprint density at radius 1 is 1.33 bits per heavy atom. The first-order valence-corrected chi connectivity index (χ1v) is 6.65. The molecule has 1 aliphatic rings. The van der Waals surface area contributed by atoms with E-state index in [0.29, 0.717) is 0 Å². The van der Waals surface area contributed by atoms with Crippen molar-refractivity contribution in [1.82, 2.24) is 0 Å². The maximum absolute atomic E-state index is 13.0. The van der Waals surface area contributed by atoms with Crippen LogP contribution in [0.2, 0.25) is 5.02 Å². The van der Waals surface area contributed by atoms with Crippen molar-refractivity contribution in [1.29, 1.82) is 0 Å². The zero-order valence-electron chi connectivity index (χ0n) is 10.2. The van der Waals surface area contributed by atoms with Gasteiger partial charge in [0.05, 0.1) is 10.6 Å². The lowest BCUT2D eigenvalue weighted by Gasteiger charge is -2.31. The molecule has 0 spiro atoms. The van der Waals surface area contributed by atoms with Gasteiger partial charge in [-0.2, -0.15) is 0 Å². The molecule has 0 unspecified atom stereocenters. The highest BCUT2D eigenvalue weighted by Crippen LogP contribution is 2.28. The van der Waals surface area contributed by atoms with Gasteiger partial charge in [-0.15, -0.1) is 0 Å². The molecule has 1 fully saturated rings. The van der Waals surface area contributed by atoms with Crippen LogP contribution >= 0.6 is 11.6 Å². The van der Waals surface area contributed by atoms with Crippen molar-refractivity contribution in [3.8, 4) is 0 Å². The van der Waals surface area contributed by atoms with Crippen molar-refractivity contribution in [2.24, 2.45) is 5.73 Å². The minimum atomic E-state index is -0.695. The number of rotatable bonds is 3. The van der Waals surface area contributed by atoms with Crippen molar-refractivity contribution < 1.29 is 9.18 Å². The van der Waals surface area contributed by atoms with E-state index in [9.17, 15) is 9.18 Å². The average molecular weight is 270 g/mol. The average Bonchev–Trinajstić information content (AvgIpc) is 2.35. The molecule has 1 aromatic carbocycles. The monoisotopic (exact) mass is 269 g/mol. The van der Waals surface area contributed by atoms with E-state index in [1.807, 2.05) is 0 Å². The second-order valence-corrected chi connectivity index (χ2v) is 5.47. The SMILES string of the molecule is NC1(C(=O)Cc2ccc(F)c(Cl)c2)CCCCC1. The van der Waals surface area contributed by atoms with Gasteiger partial charge < -0.3 is 5.73 Å². The predicted octanol–water partition coefficient (Wildman–Crippen LogP) is 3.25. The molecule has 2 N–H and O–H groups in total. The molecule has 0 saturated heterocycles. The van der Waals surface area contributed by atoms with Gasteiger partial charge in [-0.1, -0.05) is 36.9 Å². The zero-order chi connectivity index (χ0) is 13.2. The minimum Gasteiger partial charge on any atom is -0.319 e. The van der Waals surface area contributed by atoms with Crippen molar-refractivity contribution >= 4 is 17.4 Å². The second-order valence-electron chi connectivity index (χ2n) is 5.07. The van der Waals surface area contributed by atoms with Crippen molar-refractivity contribution in [2.45, 2.75) is 44.1 Å². The number of ketones is 1. The fourth-order valence-electron chi connectivity index (χ4n) is 2.47. The fourth-order valence-corrected chi connectivity index (χ4v) is 2.68. The highest BCUT2D eigenvalue weighted by molar-refractivity contribution is 6.30. The summed E-state index contributed by atoms with van der Waals surface area (Å²) in [6.07, 6.45) is 4.89. The summed E-state index contributed by atoms with van der Waals surface area (Å²) >= 11 is 5.70. The number of Topliss-reactive ketones (excluding diaryl/α,β-unsaturated/α-hetero) is 1. The number of nitrogens with two attached hydrogens (primary N) is 1. The summed E-state index contributed by atoms with van der Waals surface area (Å²) in [7, 11) is 0. The van der Waals surface area contributed by atoms with Gasteiger partial charge in [-0.05, 0) is 30.5 Å². The summed E-state index contributed by atoms with van der Waals surface area (Å²) in [6.45, 7) is 0. The molecule has 0 aromatic heterocycles. The van der Waals surface area contributed by atoms with Gasteiger partial charge >= 0.3 is 0 Å². The summed E-state index contributed by atoms with van der Waals surface area (Å²) in [5.41, 5.74) is 6.19. The molecule has 2 nitrogen and oxygen atoms in total. The van der Waals surface area contributed by atoms with Crippen LogP contribution in [0.1, 0.15) is 37.7 Å². The predicted molar refractivity (Wildman–Crippen MR) is 70.1 cm³/mol. The van der Waals surface area contributed by atoms with Crippen molar-refractivity contribution in [2.75, 3.05) is 0 Å². The van der Waals surface area contributed by atoms with Crippen LogP contribution < -0.4 is 5.73 Å². The summed E-state index contributed by atoms with van der Waals surface area (Å²) in [5, 5.41) is 0.0509. The van der Waals surface area contributed by atoms with E-state index in [0.717, 1.165) is 37.7 Å². The van der Waals surface area contributed by atoms with Crippen molar-refractivity contribution in [3.63, 3.8) is 0 Å². The maximum Gasteiger partial charge on any atom is 0.156 e. The van der Waals surface area contributed by atoms with Crippen molar-refractivity contribution in [3.05, 3.63) is 34.6 Å². The Morgan fingerprint density at radius 2 is 2.00 bits per heavy atom.